The molecule has 0 amide bonds. The monoisotopic (exact) mass is 964 g/mol. The third kappa shape index (κ3) is 11.0. The number of rotatable bonds is 13. The van der Waals surface area contributed by atoms with E-state index in [1.807, 2.05) is 0 Å². The summed E-state index contributed by atoms with van der Waals surface area (Å²) < 4.78 is 120. The summed E-state index contributed by atoms with van der Waals surface area (Å²) in [5.41, 5.74) is -4.70. The number of benzene rings is 4. The molecule has 0 aliphatic rings. The molecule has 0 saturated carbocycles. The molecular weight excluding hydrogens is 927 g/mol. The van der Waals surface area contributed by atoms with Crippen LogP contribution in [0.2, 0.25) is 0 Å². The van der Waals surface area contributed by atoms with Crippen LogP contribution in [0.5, 0.6) is 0 Å². The van der Waals surface area contributed by atoms with Gasteiger partial charge in [0.25, 0.3) is 0 Å². The molecule has 0 saturated heterocycles. The molecule has 0 aliphatic heterocycles. The summed E-state index contributed by atoms with van der Waals surface area (Å²) in [5.74, 6) is -2.12. The first kappa shape index (κ1) is 50.5. The maximum atomic E-state index is 13.4. The molecule has 0 radical (unpaired) electrons. The van der Waals surface area contributed by atoms with Gasteiger partial charge in [0.2, 0.25) is 11.3 Å². The van der Waals surface area contributed by atoms with Gasteiger partial charge in [-0.15, -0.1) is 31.4 Å². The number of nitrogens with two attached hydrogens (primary N) is 2. The van der Waals surface area contributed by atoms with E-state index < -0.39 is 73.7 Å². The van der Waals surface area contributed by atoms with Gasteiger partial charge in [0.1, 0.15) is 0 Å². The Morgan fingerprint density at radius 2 is 0.894 bits per heavy atom. The van der Waals surface area contributed by atoms with E-state index in [1.165, 1.54) is 111 Å². The van der Waals surface area contributed by atoms with Crippen molar-refractivity contribution in [2.75, 3.05) is 0 Å². The SMILES string of the molecule is CC(=O)C(C)(N=O)C(=O)c1ccc(-c2cc(C(F)(F)F)nn2-c2ccc(S(N)(O)O)cc2)cc1.CC(C)(N=O)C(=O)c1ccc(-c2cc(C(F)(F)F)nn2-c2ccc(S(N)(O)O)cc2)cc1. The summed E-state index contributed by atoms with van der Waals surface area (Å²) in [6.07, 6.45) is -9.45. The highest BCUT2D eigenvalue weighted by Gasteiger charge is 2.41. The lowest BCUT2D eigenvalue weighted by Crippen LogP contribution is -2.40. The van der Waals surface area contributed by atoms with E-state index in [9.17, 15) is 68.8 Å². The standard InChI is InChI=1S/C21H19F3N4O5S.C20H19F3N4O4S/c1-12(29)20(2,27-31)19(30)14-5-3-13(4-6-14)17-11-18(21(22,23)24)26-28(17)15-7-9-16(10-8-15)34(25,32)33;1-19(2,26-29)18(28)13-5-3-12(4-6-13)16-11-17(20(21,22)23)25-27(16)14-7-9-15(10-8-14)32(24,30)31/h3-11,32-33H,25H2,1-2H3;3-11,30-31H,24H2,1-2H3. The molecule has 6 rings (SSSR count). The summed E-state index contributed by atoms with van der Waals surface area (Å²) in [6.45, 7) is 4.87. The largest absolute Gasteiger partial charge is 0.435 e. The number of carbonyl (C=O) groups excluding carboxylic acids is 3. The van der Waals surface area contributed by atoms with Crippen LogP contribution in [0.15, 0.2) is 129 Å². The number of halogens is 6. The zero-order valence-electron chi connectivity index (χ0n) is 34.6. The maximum Gasteiger partial charge on any atom is 0.435 e. The molecule has 350 valence electrons. The van der Waals surface area contributed by atoms with Crippen LogP contribution >= 0.6 is 21.6 Å². The lowest BCUT2D eigenvalue weighted by atomic mass is 9.88. The van der Waals surface area contributed by atoms with Crippen molar-refractivity contribution in [3.8, 4) is 33.9 Å². The highest BCUT2D eigenvalue weighted by atomic mass is 32.3. The van der Waals surface area contributed by atoms with Gasteiger partial charge in [0.15, 0.2) is 28.5 Å². The smallest absolute Gasteiger partial charge is 0.297 e. The number of aromatic nitrogens is 4. The second kappa shape index (κ2) is 18.4. The molecule has 1 unspecified atom stereocenters. The molecule has 0 fully saturated rings. The van der Waals surface area contributed by atoms with Crippen LogP contribution in [0.1, 0.15) is 59.8 Å². The highest BCUT2D eigenvalue weighted by molar-refractivity contribution is 8.22. The predicted molar refractivity (Wildman–Crippen MR) is 232 cm³/mol. The third-order valence-corrected chi connectivity index (χ3v) is 11.8. The highest BCUT2D eigenvalue weighted by Crippen LogP contribution is 2.42. The Morgan fingerprint density at radius 1 is 0.561 bits per heavy atom. The van der Waals surface area contributed by atoms with Gasteiger partial charge in [-0.1, -0.05) is 53.7 Å². The molecular formula is C41H38F6N8O9S2. The van der Waals surface area contributed by atoms with Crippen LogP contribution in [0.25, 0.3) is 33.9 Å². The fourth-order valence-electron chi connectivity index (χ4n) is 5.95. The fourth-order valence-corrected chi connectivity index (χ4v) is 7.02. The van der Waals surface area contributed by atoms with Crippen molar-refractivity contribution in [2.45, 2.75) is 60.9 Å². The van der Waals surface area contributed by atoms with Gasteiger partial charge in [0.05, 0.1) is 32.6 Å². The first-order chi connectivity index (χ1) is 30.4. The number of hydrogen-bond acceptors (Lipinski definition) is 15. The Balaban J connectivity index is 0.000000248. The molecule has 2 heterocycles. The quantitative estimate of drug-likeness (QED) is 0.0272. The van der Waals surface area contributed by atoms with Crippen molar-refractivity contribution >= 4 is 38.9 Å². The average molecular weight is 965 g/mol. The van der Waals surface area contributed by atoms with Crippen LogP contribution < -0.4 is 10.3 Å². The predicted octanol–water partition coefficient (Wildman–Crippen LogP) is 10.1. The van der Waals surface area contributed by atoms with E-state index >= 15 is 0 Å². The van der Waals surface area contributed by atoms with Crippen LogP contribution in [-0.2, 0) is 17.1 Å². The Bertz CT molecular complexity index is 2790. The number of Topliss-reactive ketones (excluding diaryl/α,β-unsaturated/α-hetero) is 3. The first-order valence-corrected chi connectivity index (χ1v) is 21.8. The average Bonchev–Trinajstić information content (AvgIpc) is 3.93. The molecule has 17 nitrogen and oxygen atoms in total. The van der Waals surface area contributed by atoms with Crippen molar-refractivity contribution in [3.05, 3.63) is 142 Å². The molecule has 25 heteroatoms. The van der Waals surface area contributed by atoms with Gasteiger partial charge < -0.3 is 0 Å². The van der Waals surface area contributed by atoms with Crippen molar-refractivity contribution in [3.63, 3.8) is 0 Å². The zero-order chi connectivity index (χ0) is 49.4. The summed E-state index contributed by atoms with van der Waals surface area (Å²) in [5, 5.41) is 23.3. The van der Waals surface area contributed by atoms with Crippen LogP contribution in [0, 0.1) is 9.81 Å². The number of carbonyl (C=O) groups is 3. The van der Waals surface area contributed by atoms with Gasteiger partial charge >= 0.3 is 12.4 Å². The first-order valence-electron chi connectivity index (χ1n) is 18.6. The van der Waals surface area contributed by atoms with Gasteiger partial charge in [-0.25, -0.2) is 19.6 Å². The maximum absolute atomic E-state index is 13.4. The normalized spacial score (nSPS) is 13.8. The van der Waals surface area contributed by atoms with Gasteiger partial charge in [-0.05, 0) is 93.5 Å². The molecule has 8 N–H and O–H groups in total. The summed E-state index contributed by atoms with van der Waals surface area (Å²) in [4.78, 5) is 58.7. The molecule has 2 aromatic heterocycles. The molecule has 4 aromatic carbocycles. The third-order valence-electron chi connectivity index (χ3n) is 9.84. The number of nitroso groups, excluding NO2 is 2. The zero-order valence-corrected chi connectivity index (χ0v) is 36.3. The Kier molecular flexibility index (Phi) is 14.1. The second-order valence-corrected chi connectivity index (χ2v) is 18.3. The van der Waals surface area contributed by atoms with Gasteiger partial charge in [-0.2, -0.15) is 36.5 Å². The summed E-state index contributed by atoms with van der Waals surface area (Å²) in [7, 11) is -6.99. The van der Waals surface area contributed by atoms with Gasteiger partial charge in [0, 0.05) is 22.3 Å². The topological polar surface area (TPSA) is 279 Å². The van der Waals surface area contributed by atoms with Crippen molar-refractivity contribution in [2.24, 2.45) is 20.6 Å². The number of nitrogens with zero attached hydrogens (tertiary/aromatic N) is 6. The van der Waals surface area contributed by atoms with E-state index in [2.05, 4.69) is 20.6 Å². The van der Waals surface area contributed by atoms with E-state index in [-0.39, 0.29) is 49.2 Å². The molecule has 0 bridgehead atoms. The van der Waals surface area contributed by atoms with Crippen molar-refractivity contribution < 1.29 is 58.9 Å². The molecule has 0 aliphatic carbocycles. The minimum absolute atomic E-state index is 0.0128. The van der Waals surface area contributed by atoms with Crippen LogP contribution in [-0.4, -0.2) is 66.2 Å². The molecule has 6 aromatic rings. The second-order valence-electron chi connectivity index (χ2n) is 15.0. The Labute approximate surface area is 373 Å². The molecule has 1 atom stereocenters. The number of alkyl halides is 6. The fraction of sp³-hybridized carbons (Fsp3) is 0.195. The Hall–Kier alpha value is -6.45. The van der Waals surface area contributed by atoms with Crippen LogP contribution in [0.4, 0.5) is 26.3 Å². The van der Waals surface area contributed by atoms with E-state index in [1.54, 1.807) is 0 Å². The minimum Gasteiger partial charge on any atom is -0.297 e. The van der Waals surface area contributed by atoms with Gasteiger partial charge in [-0.3, -0.25) is 32.6 Å². The van der Waals surface area contributed by atoms with Crippen molar-refractivity contribution in [1.29, 1.82) is 0 Å². The lowest BCUT2D eigenvalue weighted by molar-refractivity contribution is -0.142. The Morgan fingerprint density at radius 3 is 1.17 bits per heavy atom. The molecule has 66 heavy (non-hydrogen) atoms. The lowest BCUT2D eigenvalue weighted by Gasteiger charge is -2.26. The number of hydrogen-bond donors (Lipinski definition) is 6. The minimum atomic E-state index is -4.75. The molecule has 0 spiro atoms. The van der Waals surface area contributed by atoms with E-state index in [0.29, 0.717) is 5.56 Å². The van der Waals surface area contributed by atoms with Crippen LogP contribution in [0.3, 0.4) is 0 Å². The number of ketones is 3. The summed E-state index contributed by atoms with van der Waals surface area (Å²) in [6, 6.07) is 22.9. The van der Waals surface area contributed by atoms with E-state index in [0.717, 1.165) is 35.3 Å². The summed E-state index contributed by atoms with van der Waals surface area (Å²) >= 11 is 0. The van der Waals surface area contributed by atoms with Crippen molar-refractivity contribution in [1.82, 2.24) is 19.6 Å². The van der Waals surface area contributed by atoms with E-state index in [4.69, 9.17) is 10.3 Å².